The van der Waals surface area contributed by atoms with Crippen LogP contribution in [0.3, 0.4) is 0 Å². The Bertz CT molecular complexity index is 616. The monoisotopic (exact) mass is 300 g/mol. The molecular formula is C18H24N2O2. The van der Waals surface area contributed by atoms with Gasteiger partial charge in [0.2, 0.25) is 11.8 Å². The van der Waals surface area contributed by atoms with Crippen molar-refractivity contribution in [2.75, 3.05) is 11.9 Å². The molecule has 1 N–H and O–H groups in total. The summed E-state index contributed by atoms with van der Waals surface area (Å²) in [5, 5.41) is 3.00. The van der Waals surface area contributed by atoms with Gasteiger partial charge in [0.1, 0.15) is 5.54 Å². The van der Waals surface area contributed by atoms with Crippen molar-refractivity contribution in [3.05, 3.63) is 42.5 Å². The summed E-state index contributed by atoms with van der Waals surface area (Å²) in [7, 11) is 0. The number of amides is 2. The molecule has 0 saturated carbocycles. The lowest BCUT2D eigenvalue weighted by atomic mass is 9.83. The minimum atomic E-state index is -0.795. The van der Waals surface area contributed by atoms with Crippen LogP contribution in [-0.4, -0.2) is 28.8 Å². The van der Waals surface area contributed by atoms with Crippen molar-refractivity contribution in [1.82, 2.24) is 4.90 Å². The van der Waals surface area contributed by atoms with Crippen LogP contribution in [0.1, 0.15) is 39.7 Å². The zero-order valence-corrected chi connectivity index (χ0v) is 13.8. The molecule has 0 radical (unpaired) electrons. The summed E-state index contributed by atoms with van der Waals surface area (Å²) < 4.78 is 0. The molecule has 4 heteroatoms. The fourth-order valence-electron chi connectivity index (χ4n) is 2.76. The first-order chi connectivity index (χ1) is 10.2. The Kier molecular flexibility index (Phi) is 4.14. The zero-order valence-electron chi connectivity index (χ0n) is 13.8. The van der Waals surface area contributed by atoms with Crippen LogP contribution >= 0.6 is 0 Å². The maximum Gasteiger partial charge on any atom is 0.250 e. The third-order valence-corrected chi connectivity index (χ3v) is 4.33. The largest absolute Gasteiger partial charge is 0.325 e. The van der Waals surface area contributed by atoms with Crippen molar-refractivity contribution >= 4 is 17.5 Å². The van der Waals surface area contributed by atoms with E-state index in [9.17, 15) is 9.59 Å². The van der Waals surface area contributed by atoms with Gasteiger partial charge in [-0.25, -0.2) is 0 Å². The van der Waals surface area contributed by atoms with Crippen molar-refractivity contribution in [2.24, 2.45) is 0 Å². The van der Waals surface area contributed by atoms with Crippen LogP contribution in [0.4, 0.5) is 5.69 Å². The van der Waals surface area contributed by atoms with Crippen molar-refractivity contribution in [3.8, 4) is 0 Å². The van der Waals surface area contributed by atoms with Crippen molar-refractivity contribution in [2.45, 2.75) is 45.1 Å². The number of nitrogens with one attached hydrogen (secondary N) is 1. The fraction of sp³-hybridized carbons (Fsp3) is 0.444. The Labute approximate surface area is 132 Å². The van der Waals surface area contributed by atoms with E-state index in [0.29, 0.717) is 13.0 Å². The number of anilines is 1. The van der Waals surface area contributed by atoms with E-state index in [2.05, 4.69) is 32.7 Å². The highest BCUT2D eigenvalue weighted by atomic mass is 16.2. The van der Waals surface area contributed by atoms with E-state index in [0.717, 1.165) is 11.3 Å². The van der Waals surface area contributed by atoms with Crippen LogP contribution in [0.15, 0.2) is 36.9 Å². The first kappa shape index (κ1) is 16.3. The van der Waals surface area contributed by atoms with Gasteiger partial charge in [0.25, 0.3) is 0 Å². The van der Waals surface area contributed by atoms with Gasteiger partial charge in [0, 0.05) is 12.2 Å². The maximum atomic E-state index is 12.7. The second-order valence-corrected chi connectivity index (χ2v) is 6.97. The lowest BCUT2D eigenvalue weighted by Crippen LogP contribution is -2.65. The molecule has 0 aromatic heterocycles. The molecule has 1 aromatic rings. The second-order valence-electron chi connectivity index (χ2n) is 6.97. The van der Waals surface area contributed by atoms with E-state index in [4.69, 9.17) is 0 Å². The molecule has 1 atom stereocenters. The predicted molar refractivity (Wildman–Crippen MR) is 88.7 cm³/mol. The van der Waals surface area contributed by atoms with Gasteiger partial charge in [0.05, 0.1) is 0 Å². The van der Waals surface area contributed by atoms with E-state index in [1.807, 2.05) is 24.3 Å². The van der Waals surface area contributed by atoms with Gasteiger partial charge < -0.3 is 10.2 Å². The molecule has 2 rings (SSSR count). The third-order valence-electron chi connectivity index (χ3n) is 4.33. The minimum absolute atomic E-state index is 0.0684. The molecule has 4 nitrogen and oxygen atoms in total. The summed E-state index contributed by atoms with van der Waals surface area (Å²) in [5.41, 5.74) is 1.02. The highest BCUT2D eigenvalue weighted by molar-refractivity contribution is 6.03. The Balaban J connectivity index is 2.24. The first-order valence-corrected chi connectivity index (χ1v) is 7.55. The van der Waals surface area contributed by atoms with Gasteiger partial charge in [-0.2, -0.15) is 0 Å². The number of carbonyl (C=O) groups is 2. The Morgan fingerprint density at radius 2 is 1.95 bits per heavy atom. The molecule has 22 heavy (non-hydrogen) atoms. The van der Waals surface area contributed by atoms with Gasteiger partial charge in [-0.15, -0.1) is 0 Å². The number of para-hydroxylation sites is 1. The number of hydrogen-bond donors (Lipinski definition) is 1. The molecule has 1 aromatic carbocycles. The number of carbonyl (C=O) groups excluding carboxylic acids is 2. The van der Waals surface area contributed by atoms with Crippen molar-refractivity contribution < 1.29 is 9.59 Å². The number of hydrogen-bond acceptors (Lipinski definition) is 2. The summed E-state index contributed by atoms with van der Waals surface area (Å²) in [5.74, 6) is -0.348. The molecule has 0 bridgehead atoms. The van der Waals surface area contributed by atoms with Crippen LogP contribution in [0.25, 0.3) is 0 Å². The second kappa shape index (κ2) is 5.59. The van der Waals surface area contributed by atoms with E-state index in [-0.39, 0.29) is 17.2 Å². The van der Waals surface area contributed by atoms with Gasteiger partial charge in [-0.1, -0.05) is 45.5 Å². The van der Waals surface area contributed by atoms with E-state index in [1.54, 1.807) is 11.8 Å². The number of likely N-dealkylation sites (tertiary alicyclic amines) is 1. The van der Waals surface area contributed by atoms with Gasteiger partial charge >= 0.3 is 0 Å². The van der Waals surface area contributed by atoms with Gasteiger partial charge in [0.15, 0.2) is 0 Å². The molecule has 1 aliphatic heterocycles. The van der Waals surface area contributed by atoms with Crippen LogP contribution < -0.4 is 5.32 Å². The summed E-state index contributed by atoms with van der Waals surface area (Å²) in [6, 6.07) is 7.79. The summed E-state index contributed by atoms with van der Waals surface area (Å²) in [4.78, 5) is 26.1. The topological polar surface area (TPSA) is 49.4 Å². The average Bonchev–Trinajstić information content (AvgIpc) is 2.44. The predicted octanol–water partition coefficient (Wildman–Crippen LogP) is 3.10. The SMILES string of the molecule is C=CC(=O)N1CCC1(C)C(=O)Nc1ccccc1C(C)(C)C. The quantitative estimate of drug-likeness (QED) is 0.872. The number of benzene rings is 1. The van der Waals surface area contributed by atoms with Crippen LogP contribution in [0, 0.1) is 0 Å². The Morgan fingerprint density at radius 3 is 2.45 bits per heavy atom. The summed E-state index contributed by atoms with van der Waals surface area (Å²) in [6.45, 7) is 12.2. The molecule has 0 spiro atoms. The highest BCUT2D eigenvalue weighted by Crippen LogP contribution is 2.34. The van der Waals surface area contributed by atoms with Crippen LogP contribution in [0.2, 0.25) is 0 Å². The molecule has 1 unspecified atom stereocenters. The van der Waals surface area contributed by atoms with E-state index < -0.39 is 5.54 Å². The van der Waals surface area contributed by atoms with Crippen LogP contribution in [0.5, 0.6) is 0 Å². The number of rotatable bonds is 3. The molecule has 1 heterocycles. The molecule has 1 aliphatic rings. The standard InChI is InChI=1S/C18H24N2O2/c1-6-15(21)20-12-11-18(20,5)16(22)19-14-10-8-7-9-13(14)17(2,3)4/h6-10H,1,11-12H2,2-5H3,(H,19,22). The Hall–Kier alpha value is -2.10. The lowest BCUT2D eigenvalue weighted by molar-refractivity contribution is -0.150. The smallest absolute Gasteiger partial charge is 0.250 e. The van der Waals surface area contributed by atoms with E-state index >= 15 is 0 Å². The van der Waals surface area contributed by atoms with E-state index in [1.165, 1.54) is 6.08 Å². The van der Waals surface area contributed by atoms with Crippen molar-refractivity contribution in [3.63, 3.8) is 0 Å². The Morgan fingerprint density at radius 1 is 1.32 bits per heavy atom. The normalized spacial score (nSPS) is 21.0. The van der Waals surface area contributed by atoms with Crippen molar-refractivity contribution in [1.29, 1.82) is 0 Å². The molecule has 118 valence electrons. The first-order valence-electron chi connectivity index (χ1n) is 7.55. The lowest BCUT2D eigenvalue weighted by Gasteiger charge is -2.48. The summed E-state index contributed by atoms with van der Waals surface area (Å²) >= 11 is 0. The molecule has 1 fully saturated rings. The van der Waals surface area contributed by atoms with Crippen LogP contribution in [-0.2, 0) is 15.0 Å². The minimum Gasteiger partial charge on any atom is -0.325 e. The number of nitrogens with zero attached hydrogens (tertiary/aromatic N) is 1. The average molecular weight is 300 g/mol. The fourth-order valence-corrected chi connectivity index (χ4v) is 2.76. The van der Waals surface area contributed by atoms with Gasteiger partial charge in [-0.05, 0) is 36.5 Å². The molecular weight excluding hydrogens is 276 g/mol. The highest BCUT2D eigenvalue weighted by Gasteiger charge is 2.48. The maximum absolute atomic E-state index is 12.7. The zero-order chi connectivity index (χ0) is 16.5. The van der Waals surface area contributed by atoms with Gasteiger partial charge in [-0.3, -0.25) is 9.59 Å². The summed E-state index contributed by atoms with van der Waals surface area (Å²) in [6.07, 6.45) is 1.92. The third kappa shape index (κ3) is 2.78. The molecule has 2 amide bonds. The molecule has 0 aliphatic carbocycles. The molecule has 1 saturated heterocycles.